The van der Waals surface area contributed by atoms with Crippen LogP contribution in [-0.4, -0.2) is 25.1 Å². The third-order valence-electron chi connectivity index (χ3n) is 2.46. The molecule has 5 heteroatoms. The second kappa shape index (κ2) is 4.72. The second-order valence-corrected chi connectivity index (χ2v) is 4.88. The maximum atomic E-state index is 5.80. The number of benzene rings is 1. The molecule has 1 fully saturated rings. The maximum Gasteiger partial charge on any atom is 0.163 e. The Kier molecular flexibility index (Phi) is 3.47. The number of rotatable bonds is 3. The van der Waals surface area contributed by atoms with Gasteiger partial charge in [-0.3, -0.25) is 0 Å². The molecule has 1 aliphatic rings. The van der Waals surface area contributed by atoms with E-state index in [1.54, 1.807) is 18.2 Å². The summed E-state index contributed by atoms with van der Waals surface area (Å²) in [4.78, 5) is 0. The molecule has 0 aliphatic carbocycles. The first-order valence-electron chi connectivity index (χ1n) is 5.46. The van der Waals surface area contributed by atoms with Crippen molar-refractivity contribution in [2.75, 3.05) is 18.9 Å². The smallest absolute Gasteiger partial charge is 0.163 e. The van der Waals surface area contributed by atoms with Gasteiger partial charge < -0.3 is 19.9 Å². The highest BCUT2D eigenvalue weighted by Gasteiger charge is 2.33. The Morgan fingerprint density at radius 2 is 2.29 bits per heavy atom. The molecule has 1 aliphatic heterocycles. The monoisotopic (exact) mass is 257 g/mol. The van der Waals surface area contributed by atoms with Crippen molar-refractivity contribution in [3.05, 3.63) is 23.2 Å². The lowest BCUT2D eigenvalue weighted by Crippen LogP contribution is -2.25. The molecule has 1 atom stereocenters. The van der Waals surface area contributed by atoms with Gasteiger partial charge in [0.1, 0.15) is 18.5 Å². The number of hydrogen-bond acceptors (Lipinski definition) is 4. The zero-order valence-electron chi connectivity index (χ0n) is 9.90. The molecule has 1 heterocycles. The SMILES string of the molecule is CC1(C)OCC(COc2ccc(Cl)cc2N)O1. The van der Waals surface area contributed by atoms with E-state index in [1.807, 2.05) is 13.8 Å². The topological polar surface area (TPSA) is 53.7 Å². The van der Waals surface area contributed by atoms with Gasteiger partial charge in [0.25, 0.3) is 0 Å². The van der Waals surface area contributed by atoms with Gasteiger partial charge in [-0.15, -0.1) is 0 Å². The molecule has 17 heavy (non-hydrogen) atoms. The van der Waals surface area contributed by atoms with Gasteiger partial charge >= 0.3 is 0 Å². The molecule has 0 bridgehead atoms. The first-order valence-corrected chi connectivity index (χ1v) is 5.84. The van der Waals surface area contributed by atoms with Gasteiger partial charge in [0.2, 0.25) is 0 Å². The highest BCUT2D eigenvalue weighted by atomic mass is 35.5. The average Bonchev–Trinajstić information content (AvgIpc) is 2.57. The van der Waals surface area contributed by atoms with Crippen molar-refractivity contribution in [2.24, 2.45) is 0 Å². The first kappa shape index (κ1) is 12.5. The first-order chi connectivity index (χ1) is 7.96. The van der Waals surface area contributed by atoms with Crippen molar-refractivity contribution in [3.8, 4) is 5.75 Å². The highest BCUT2D eigenvalue weighted by Crippen LogP contribution is 2.27. The highest BCUT2D eigenvalue weighted by molar-refractivity contribution is 6.30. The summed E-state index contributed by atoms with van der Waals surface area (Å²) in [6.07, 6.45) is -0.0694. The summed E-state index contributed by atoms with van der Waals surface area (Å²) in [6.45, 7) is 4.70. The minimum atomic E-state index is -0.528. The van der Waals surface area contributed by atoms with Crippen LogP contribution in [0.15, 0.2) is 18.2 Å². The number of hydrogen-bond donors (Lipinski definition) is 1. The number of ether oxygens (including phenoxy) is 3. The van der Waals surface area contributed by atoms with Crippen LogP contribution in [0.5, 0.6) is 5.75 Å². The second-order valence-electron chi connectivity index (χ2n) is 4.44. The van der Waals surface area contributed by atoms with Crippen LogP contribution < -0.4 is 10.5 Å². The molecule has 1 aromatic carbocycles. The van der Waals surface area contributed by atoms with Gasteiger partial charge in [-0.1, -0.05) is 11.6 Å². The Bertz CT molecular complexity index is 409. The maximum absolute atomic E-state index is 5.80. The third-order valence-corrected chi connectivity index (χ3v) is 2.70. The van der Waals surface area contributed by atoms with Crippen LogP contribution in [0, 0.1) is 0 Å². The van der Waals surface area contributed by atoms with Crippen LogP contribution >= 0.6 is 11.6 Å². The van der Waals surface area contributed by atoms with Crippen LogP contribution in [0.3, 0.4) is 0 Å². The predicted octanol–water partition coefficient (Wildman–Crippen LogP) is 2.45. The molecule has 2 rings (SSSR count). The van der Waals surface area contributed by atoms with E-state index in [9.17, 15) is 0 Å². The van der Waals surface area contributed by atoms with Gasteiger partial charge in [0.15, 0.2) is 5.79 Å². The van der Waals surface area contributed by atoms with E-state index in [4.69, 9.17) is 31.5 Å². The van der Waals surface area contributed by atoms with Crippen LogP contribution in [0.2, 0.25) is 5.02 Å². The standard InChI is InChI=1S/C12H16ClNO3/c1-12(2)16-7-9(17-12)6-15-11-4-3-8(13)5-10(11)14/h3-5,9H,6-7,14H2,1-2H3. The summed E-state index contributed by atoms with van der Waals surface area (Å²) in [5, 5.41) is 0.594. The lowest BCUT2D eigenvalue weighted by Gasteiger charge is -2.17. The Labute approximate surface area is 106 Å². The molecule has 1 unspecified atom stereocenters. The minimum Gasteiger partial charge on any atom is -0.489 e. The summed E-state index contributed by atoms with van der Waals surface area (Å²) >= 11 is 5.80. The van der Waals surface area contributed by atoms with Gasteiger partial charge in [-0.25, -0.2) is 0 Å². The van der Waals surface area contributed by atoms with E-state index in [2.05, 4.69) is 0 Å². The normalized spacial score (nSPS) is 22.6. The average molecular weight is 258 g/mol. The Balaban J connectivity index is 1.90. The Hall–Kier alpha value is -0.970. The summed E-state index contributed by atoms with van der Waals surface area (Å²) in [6, 6.07) is 5.15. The van der Waals surface area contributed by atoms with Gasteiger partial charge in [0, 0.05) is 5.02 Å². The number of anilines is 1. The number of nitrogens with two attached hydrogens (primary N) is 1. The van der Waals surface area contributed by atoms with Crippen molar-refractivity contribution in [2.45, 2.75) is 25.7 Å². The quantitative estimate of drug-likeness (QED) is 0.845. The van der Waals surface area contributed by atoms with E-state index in [0.717, 1.165) is 0 Å². The third kappa shape index (κ3) is 3.25. The largest absolute Gasteiger partial charge is 0.489 e. The molecule has 0 aromatic heterocycles. The molecule has 0 spiro atoms. The van der Waals surface area contributed by atoms with Crippen molar-refractivity contribution < 1.29 is 14.2 Å². The Morgan fingerprint density at radius 3 is 2.88 bits per heavy atom. The molecular formula is C12H16ClNO3. The predicted molar refractivity (Wildman–Crippen MR) is 66.3 cm³/mol. The van der Waals surface area contributed by atoms with E-state index in [0.29, 0.717) is 29.7 Å². The molecule has 0 radical (unpaired) electrons. The minimum absolute atomic E-state index is 0.0694. The van der Waals surface area contributed by atoms with Crippen LogP contribution in [0.25, 0.3) is 0 Å². The van der Waals surface area contributed by atoms with Crippen LogP contribution in [0.1, 0.15) is 13.8 Å². The van der Waals surface area contributed by atoms with Crippen molar-refractivity contribution in [1.29, 1.82) is 0 Å². The molecule has 1 saturated heterocycles. The summed E-state index contributed by atoms with van der Waals surface area (Å²) < 4.78 is 16.6. The molecule has 94 valence electrons. The molecule has 1 aromatic rings. The summed E-state index contributed by atoms with van der Waals surface area (Å²) in [5.74, 6) is 0.0854. The van der Waals surface area contributed by atoms with Crippen molar-refractivity contribution in [3.63, 3.8) is 0 Å². The number of halogens is 1. The van der Waals surface area contributed by atoms with Gasteiger partial charge in [-0.2, -0.15) is 0 Å². The van der Waals surface area contributed by atoms with E-state index >= 15 is 0 Å². The fourth-order valence-electron chi connectivity index (χ4n) is 1.68. The lowest BCUT2D eigenvalue weighted by molar-refractivity contribution is -0.141. The molecular weight excluding hydrogens is 242 g/mol. The zero-order chi connectivity index (χ0) is 12.5. The molecule has 0 saturated carbocycles. The van der Waals surface area contributed by atoms with E-state index in [1.165, 1.54) is 0 Å². The van der Waals surface area contributed by atoms with Gasteiger partial charge in [-0.05, 0) is 32.0 Å². The zero-order valence-corrected chi connectivity index (χ0v) is 10.7. The summed E-state index contributed by atoms with van der Waals surface area (Å²) in [5.41, 5.74) is 6.30. The number of nitrogen functional groups attached to an aromatic ring is 1. The van der Waals surface area contributed by atoms with Gasteiger partial charge in [0.05, 0.1) is 12.3 Å². The van der Waals surface area contributed by atoms with E-state index in [-0.39, 0.29) is 6.10 Å². The lowest BCUT2D eigenvalue weighted by atomic mass is 10.3. The molecule has 4 nitrogen and oxygen atoms in total. The van der Waals surface area contributed by atoms with Crippen LogP contribution in [0.4, 0.5) is 5.69 Å². The fourth-order valence-corrected chi connectivity index (χ4v) is 1.86. The molecule has 2 N–H and O–H groups in total. The van der Waals surface area contributed by atoms with Crippen molar-refractivity contribution >= 4 is 17.3 Å². The Morgan fingerprint density at radius 1 is 1.53 bits per heavy atom. The van der Waals surface area contributed by atoms with E-state index < -0.39 is 5.79 Å². The fraction of sp³-hybridized carbons (Fsp3) is 0.500. The summed E-state index contributed by atoms with van der Waals surface area (Å²) in [7, 11) is 0. The van der Waals surface area contributed by atoms with Crippen LogP contribution in [-0.2, 0) is 9.47 Å². The molecule has 0 amide bonds. The van der Waals surface area contributed by atoms with Crippen molar-refractivity contribution in [1.82, 2.24) is 0 Å².